The predicted molar refractivity (Wildman–Crippen MR) is 117 cm³/mol. The fraction of sp³-hybridized carbons (Fsp3) is 0.304. The summed E-state index contributed by atoms with van der Waals surface area (Å²) < 4.78 is 5.24. The molecule has 0 atom stereocenters. The van der Waals surface area contributed by atoms with Gasteiger partial charge in [0.2, 0.25) is 0 Å². The number of nitrogens with one attached hydrogen (secondary N) is 1. The molecule has 1 saturated heterocycles. The third kappa shape index (κ3) is 4.84. The van der Waals surface area contributed by atoms with Gasteiger partial charge in [-0.1, -0.05) is 42.5 Å². The largest absolute Gasteiger partial charge is 0.497 e. The standard InChI is InChI=1S/C23H27N5O/c1-27-12-14-28(15-13-27)22-16-21(24-17-18-8-10-20(29-2)11-9-18)25-23(26-22)19-6-4-3-5-7-19/h3-11,16H,12-15,17H2,1-2H3,(H,24,25,26). The summed E-state index contributed by atoms with van der Waals surface area (Å²) in [5.41, 5.74) is 2.20. The molecule has 29 heavy (non-hydrogen) atoms. The van der Waals surface area contributed by atoms with E-state index in [-0.39, 0.29) is 0 Å². The van der Waals surface area contributed by atoms with Gasteiger partial charge in [0, 0.05) is 44.4 Å². The molecule has 0 saturated carbocycles. The molecular formula is C23H27N5O. The average molecular weight is 390 g/mol. The fourth-order valence-corrected chi connectivity index (χ4v) is 3.37. The van der Waals surface area contributed by atoms with Crippen LogP contribution in [0.15, 0.2) is 60.7 Å². The summed E-state index contributed by atoms with van der Waals surface area (Å²) >= 11 is 0. The molecule has 0 spiro atoms. The van der Waals surface area contributed by atoms with Gasteiger partial charge in [0.05, 0.1) is 7.11 Å². The van der Waals surface area contributed by atoms with Crippen molar-refractivity contribution in [2.24, 2.45) is 0 Å². The molecule has 0 unspecified atom stereocenters. The van der Waals surface area contributed by atoms with E-state index in [1.165, 1.54) is 5.56 Å². The van der Waals surface area contributed by atoms with Crippen molar-refractivity contribution >= 4 is 11.6 Å². The van der Waals surface area contributed by atoms with Crippen LogP contribution in [0.3, 0.4) is 0 Å². The van der Waals surface area contributed by atoms with Crippen LogP contribution >= 0.6 is 0 Å². The van der Waals surface area contributed by atoms with Gasteiger partial charge in [0.1, 0.15) is 17.4 Å². The highest BCUT2D eigenvalue weighted by molar-refractivity contribution is 5.62. The van der Waals surface area contributed by atoms with E-state index in [0.29, 0.717) is 6.54 Å². The number of ether oxygens (including phenoxy) is 1. The van der Waals surface area contributed by atoms with Gasteiger partial charge in [-0.25, -0.2) is 9.97 Å². The Morgan fingerprint density at radius 2 is 1.66 bits per heavy atom. The molecule has 0 amide bonds. The van der Waals surface area contributed by atoms with Crippen molar-refractivity contribution in [2.45, 2.75) is 6.54 Å². The lowest BCUT2D eigenvalue weighted by atomic mass is 10.2. The first-order valence-corrected chi connectivity index (χ1v) is 9.96. The Hall–Kier alpha value is -3.12. The Bertz CT molecular complexity index is 922. The molecule has 1 aromatic heterocycles. The van der Waals surface area contributed by atoms with E-state index in [0.717, 1.165) is 55.0 Å². The monoisotopic (exact) mass is 389 g/mol. The third-order valence-electron chi connectivity index (χ3n) is 5.20. The van der Waals surface area contributed by atoms with E-state index in [9.17, 15) is 0 Å². The molecule has 2 heterocycles. The SMILES string of the molecule is COc1ccc(CNc2cc(N3CCN(C)CC3)nc(-c3ccccc3)n2)cc1. The summed E-state index contributed by atoms with van der Waals surface area (Å²) in [5.74, 6) is 3.42. The highest BCUT2D eigenvalue weighted by Gasteiger charge is 2.17. The van der Waals surface area contributed by atoms with Gasteiger partial charge in [-0.05, 0) is 24.7 Å². The molecular weight excluding hydrogens is 362 g/mol. The Kier molecular flexibility index (Phi) is 5.91. The third-order valence-corrected chi connectivity index (χ3v) is 5.20. The molecule has 150 valence electrons. The number of aromatic nitrogens is 2. The molecule has 2 aromatic carbocycles. The van der Waals surface area contributed by atoms with E-state index in [1.54, 1.807) is 7.11 Å². The van der Waals surface area contributed by atoms with Crippen LogP contribution in [0.5, 0.6) is 5.75 Å². The van der Waals surface area contributed by atoms with Crippen LogP contribution in [0.2, 0.25) is 0 Å². The lowest BCUT2D eigenvalue weighted by Crippen LogP contribution is -2.44. The summed E-state index contributed by atoms with van der Waals surface area (Å²) in [6, 6.07) is 20.3. The molecule has 6 heteroatoms. The van der Waals surface area contributed by atoms with Gasteiger partial charge in [0.25, 0.3) is 0 Å². The first-order valence-electron chi connectivity index (χ1n) is 9.96. The van der Waals surface area contributed by atoms with E-state index >= 15 is 0 Å². The molecule has 0 aliphatic carbocycles. The van der Waals surface area contributed by atoms with Gasteiger partial charge in [-0.15, -0.1) is 0 Å². The zero-order valence-corrected chi connectivity index (χ0v) is 17.0. The van der Waals surface area contributed by atoms with Crippen molar-refractivity contribution in [3.05, 3.63) is 66.2 Å². The number of hydrogen-bond acceptors (Lipinski definition) is 6. The minimum absolute atomic E-state index is 0.692. The van der Waals surface area contributed by atoms with Crippen LogP contribution < -0.4 is 15.0 Å². The summed E-state index contributed by atoms with van der Waals surface area (Å²) in [6.07, 6.45) is 0. The lowest BCUT2D eigenvalue weighted by Gasteiger charge is -2.33. The van der Waals surface area contributed by atoms with Crippen LogP contribution in [0.1, 0.15) is 5.56 Å². The quantitative estimate of drug-likeness (QED) is 0.696. The molecule has 1 aliphatic rings. The van der Waals surface area contributed by atoms with Crippen molar-refractivity contribution in [3.63, 3.8) is 0 Å². The van der Waals surface area contributed by atoms with Crippen molar-refractivity contribution in [1.29, 1.82) is 0 Å². The van der Waals surface area contributed by atoms with Crippen molar-refractivity contribution in [2.75, 3.05) is 50.6 Å². The Labute approximate surface area is 172 Å². The Balaban J connectivity index is 1.58. The highest BCUT2D eigenvalue weighted by atomic mass is 16.5. The number of likely N-dealkylation sites (N-methyl/N-ethyl adjacent to an activating group) is 1. The van der Waals surface area contributed by atoms with Gasteiger partial charge in [-0.3, -0.25) is 0 Å². The second-order valence-corrected chi connectivity index (χ2v) is 7.29. The summed E-state index contributed by atoms with van der Waals surface area (Å²) in [7, 11) is 3.84. The van der Waals surface area contributed by atoms with Crippen LogP contribution in [0.25, 0.3) is 11.4 Å². The molecule has 1 fully saturated rings. The summed E-state index contributed by atoms with van der Waals surface area (Å²) in [4.78, 5) is 14.3. The predicted octanol–water partition coefficient (Wildman–Crippen LogP) is 3.52. The number of hydrogen-bond donors (Lipinski definition) is 1. The average Bonchev–Trinajstić information content (AvgIpc) is 2.79. The zero-order valence-electron chi connectivity index (χ0n) is 17.0. The second-order valence-electron chi connectivity index (χ2n) is 7.29. The Morgan fingerprint density at radius 1 is 0.931 bits per heavy atom. The number of nitrogens with zero attached hydrogens (tertiary/aromatic N) is 4. The van der Waals surface area contributed by atoms with Gasteiger partial charge in [-0.2, -0.15) is 0 Å². The first kappa shape index (κ1) is 19.2. The van der Waals surface area contributed by atoms with Crippen LogP contribution in [-0.2, 0) is 6.54 Å². The maximum Gasteiger partial charge on any atom is 0.163 e. The number of piperazine rings is 1. The van der Waals surface area contributed by atoms with E-state index in [2.05, 4.69) is 52.5 Å². The smallest absolute Gasteiger partial charge is 0.163 e. The van der Waals surface area contributed by atoms with E-state index < -0.39 is 0 Å². The van der Waals surface area contributed by atoms with E-state index in [4.69, 9.17) is 14.7 Å². The number of benzene rings is 2. The maximum atomic E-state index is 5.24. The molecule has 0 radical (unpaired) electrons. The molecule has 4 rings (SSSR count). The first-order chi connectivity index (χ1) is 14.2. The van der Waals surface area contributed by atoms with Crippen LogP contribution in [0, 0.1) is 0 Å². The highest BCUT2D eigenvalue weighted by Crippen LogP contribution is 2.24. The summed E-state index contributed by atoms with van der Waals surface area (Å²) in [5, 5.41) is 3.47. The molecule has 1 aliphatic heterocycles. The molecule has 1 N–H and O–H groups in total. The fourth-order valence-electron chi connectivity index (χ4n) is 3.37. The van der Waals surface area contributed by atoms with Crippen molar-refractivity contribution in [3.8, 4) is 17.1 Å². The second kappa shape index (κ2) is 8.92. The number of anilines is 2. The minimum Gasteiger partial charge on any atom is -0.497 e. The zero-order chi connectivity index (χ0) is 20.1. The van der Waals surface area contributed by atoms with E-state index in [1.807, 2.05) is 30.3 Å². The number of methoxy groups -OCH3 is 1. The number of rotatable bonds is 6. The van der Waals surface area contributed by atoms with Crippen molar-refractivity contribution in [1.82, 2.24) is 14.9 Å². The van der Waals surface area contributed by atoms with Gasteiger partial charge >= 0.3 is 0 Å². The molecule has 0 bridgehead atoms. The van der Waals surface area contributed by atoms with Crippen LogP contribution in [-0.4, -0.2) is 55.2 Å². The van der Waals surface area contributed by atoms with Gasteiger partial charge < -0.3 is 19.9 Å². The molecule has 6 nitrogen and oxygen atoms in total. The molecule has 3 aromatic rings. The Morgan fingerprint density at radius 3 is 2.34 bits per heavy atom. The lowest BCUT2D eigenvalue weighted by molar-refractivity contribution is 0.312. The van der Waals surface area contributed by atoms with Gasteiger partial charge in [0.15, 0.2) is 5.82 Å². The van der Waals surface area contributed by atoms with Crippen LogP contribution in [0.4, 0.5) is 11.6 Å². The normalized spacial score (nSPS) is 14.6. The summed E-state index contributed by atoms with van der Waals surface area (Å²) in [6.45, 7) is 4.72. The maximum absolute atomic E-state index is 5.24. The minimum atomic E-state index is 0.692. The van der Waals surface area contributed by atoms with Crippen molar-refractivity contribution < 1.29 is 4.74 Å². The topological polar surface area (TPSA) is 53.5 Å².